The first-order valence-corrected chi connectivity index (χ1v) is 6.69. The maximum atomic E-state index is 10.8. The average Bonchev–Trinajstić information content (AvgIpc) is 1.98. The zero-order valence-electron chi connectivity index (χ0n) is 8.51. The van der Waals surface area contributed by atoms with Crippen molar-refractivity contribution in [2.24, 2.45) is 0 Å². The van der Waals surface area contributed by atoms with E-state index in [2.05, 4.69) is 8.83 Å². The number of hydrogen-bond acceptors (Lipinski definition) is 6. The van der Waals surface area contributed by atoms with Gasteiger partial charge in [0.2, 0.25) is 0 Å². The third-order valence-corrected chi connectivity index (χ3v) is 3.28. The SMILES string of the molecule is C/C(=C\COP(=O)(O)OP(=O)(O)O)CO.N. The molecular formula is C5H15NO8P2. The molecule has 0 aromatic carbocycles. The van der Waals surface area contributed by atoms with Crippen molar-refractivity contribution in [1.29, 1.82) is 0 Å². The van der Waals surface area contributed by atoms with Gasteiger partial charge in [-0.2, -0.15) is 4.31 Å². The minimum Gasteiger partial charge on any atom is -0.392 e. The van der Waals surface area contributed by atoms with Crippen molar-refractivity contribution in [3.8, 4) is 0 Å². The number of hydrogen-bond donors (Lipinski definition) is 5. The van der Waals surface area contributed by atoms with Crippen LogP contribution in [0.2, 0.25) is 0 Å². The first kappa shape index (κ1) is 18.3. The van der Waals surface area contributed by atoms with E-state index in [1.165, 1.54) is 13.0 Å². The van der Waals surface area contributed by atoms with Gasteiger partial charge in [0.15, 0.2) is 0 Å². The van der Waals surface area contributed by atoms with Crippen molar-refractivity contribution in [2.75, 3.05) is 13.2 Å². The lowest BCUT2D eigenvalue weighted by molar-refractivity contribution is 0.190. The van der Waals surface area contributed by atoms with Crippen LogP contribution in [0.1, 0.15) is 6.92 Å². The zero-order chi connectivity index (χ0) is 12.1. The van der Waals surface area contributed by atoms with E-state index in [9.17, 15) is 9.13 Å². The molecule has 1 unspecified atom stereocenters. The Morgan fingerprint density at radius 3 is 2.19 bits per heavy atom. The molecule has 0 aromatic rings. The molecule has 11 heteroatoms. The Bertz CT molecular complexity index is 322. The number of aliphatic hydroxyl groups excluding tert-OH is 1. The molecule has 0 radical (unpaired) electrons. The van der Waals surface area contributed by atoms with Crippen LogP contribution in [0.5, 0.6) is 0 Å². The third-order valence-electron chi connectivity index (χ3n) is 1.13. The van der Waals surface area contributed by atoms with Crippen molar-refractivity contribution in [2.45, 2.75) is 6.92 Å². The smallest absolute Gasteiger partial charge is 0.392 e. The summed E-state index contributed by atoms with van der Waals surface area (Å²) in [6.07, 6.45) is 1.27. The minimum atomic E-state index is -5.07. The van der Waals surface area contributed by atoms with Gasteiger partial charge < -0.3 is 25.9 Å². The van der Waals surface area contributed by atoms with E-state index < -0.39 is 22.3 Å². The Balaban J connectivity index is 0. The van der Waals surface area contributed by atoms with Crippen molar-refractivity contribution in [3.05, 3.63) is 11.6 Å². The molecule has 98 valence electrons. The van der Waals surface area contributed by atoms with Crippen LogP contribution in [0, 0.1) is 0 Å². The van der Waals surface area contributed by atoms with Crippen LogP contribution in [0.4, 0.5) is 0 Å². The highest BCUT2D eigenvalue weighted by Crippen LogP contribution is 2.57. The first-order valence-electron chi connectivity index (χ1n) is 3.67. The fourth-order valence-corrected chi connectivity index (χ4v) is 2.02. The second-order valence-corrected chi connectivity index (χ2v) is 5.37. The van der Waals surface area contributed by atoms with Gasteiger partial charge in [0.05, 0.1) is 13.2 Å². The molecule has 0 bridgehead atoms. The van der Waals surface area contributed by atoms with E-state index in [0.717, 1.165) is 0 Å². The molecule has 0 aromatic heterocycles. The van der Waals surface area contributed by atoms with Gasteiger partial charge in [-0.05, 0) is 12.5 Å². The summed E-state index contributed by atoms with van der Waals surface area (Å²) in [5, 5.41) is 8.54. The number of phosphoric ester groups is 1. The van der Waals surface area contributed by atoms with E-state index >= 15 is 0 Å². The Hall–Kier alpha value is -0.0800. The second kappa shape index (κ2) is 7.29. The quantitative estimate of drug-likeness (QED) is 0.339. The van der Waals surface area contributed by atoms with Crippen LogP contribution in [-0.2, 0) is 18.0 Å². The summed E-state index contributed by atoms with van der Waals surface area (Å²) in [5.74, 6) is 0. The van der Waals surface area contributed by atoms with Crippen molar-refractivity contribution < 1.29 is 37.8 Å². The van der Waals surface area contributed by atoms with Crippen LogP contribution in [-0.4, -0.2) is 33.0 Å². The van der Waals surface area contributed by atoms with Gasteiger partial charge >= 0.3 is 15.6 Å². The van der Waals surface area contributed by atoms with E-state index in [4.69, 9.17) is 19.8 Å². The van der Waals surface area contributed by atoms with Gasteiger partial charge in [0.25, 0.3) is 0 Å². The highest BCUT2D eigenvalue weighted by molar-refractivity contribution is 7.60. The summed E-state index contributed by atoms with van der Waals surface area (Å²) in [6, 6.07) is 0. The maximum absolute atomic E-state index is 10.8. The molecule has 0 heterocycles. The fraction of sp³-hybridized carbons (Fsp3) is 0.600. The van der Waals surface area contributed by atoms with Crippen LogP contribution in [0.3, 0.4) is 0 Å². The molecule has 0 fully saturated rings. The minimum absolute atomic E-state index is 0. The Morgan fingerprint density at radius 2 is 1.81 bits per heavy atom. The average molecular weight is 279 g/mol. The zero-order valence-corrected chi connectivity index (χ0v) is 10.3. The number of aliphatic hydroxyl groups is 1. The molecule has 0 saturated carbocycles. The predicted octanol–water partition coefficient (Wildman–Crippen LogP) is 0.313. The van der Waals surface area contributed by atoms with Crippen LogP contribution < -0.4 is 6.15 Å². The summed E-state index contributed by atoms with van der Waals surface area (Å²) in [6.45, 7) is 0.883. The lowest BCUT2D eigenvalue weighted by Gasteiger charge is -2.11. The summed E-state index contributed by atoms with van der Waals surface area (Å²) in [7, 11) is -9.84. The highest BCUT2D eigenvalue weighted by atomic mass is 31.3. The maximum Gasteiger partial charge on any atom is 0.481 e. The molecule has 0 aliphatic heterocycles. The molecular weight excluding hydrogens is 264 g/mol. The summed E-state index contributed by atoms with van der Waals surface area (Å²) in [5.41, 5.74) is 0.478. The Labute approximate surface area is 92.1 Å². The molecule has 9 nitrogen and oxygen atoms in total. The normalized spacial score (nSPS) is 16.4. The molecule has 7 N–H and O–H groups in total. The van der Waals surface area contributed by atoms with E-state index in [0.29, 0.717) is 5.57 Å². The summed E-state index contributed by atoms with van der Waals surface area (Å²) >= 11 is 0. The van der Waals surface area contributed by atoms with Gasteiger partial charge in [0, 0.05) is 0 Å². The summed E-state index contributed by atoms with van der Waals surface area (Å²) < 4.78 is 28.7. The molecule has 0 aliphatic rings. The van der Waals surface area contributed by atoms with Gasteiger partial charge in [-0.15, -0.1) is 0 Å². The molecule has 0 amide bonds. The molecule has 0 aliphatic carbocycles. The Morgan fingerprint density at radius 1 is 1.31 bits per heavy atom. The molecule has 1 atom stereocenters. The van der Waals surface area contributed by atoms with Gasteiger partial charge in [-0.3, -0.25) is 4.52 Å². The number of rotatable bonds is 6. The molecule has 0 saturated heterocycles. The molecule has 0 rings (SSSR count). The third kappa shape index (κ3) is 10.4. The van der Waals surface area contributed by atoms with Crippen LogP contribution >= 0.6 is 15.6 Å². The second-order valence-electron chi connectivity index (χ2n) is 2.55. The highest BCUT2D eigenvalue weighted by Gasteiger charge is 2.31. The van der Waals surface area contributed by atoms with Crippen molar-refractivity contribution >= 4 is 15.6 Å². The fourth-order valence-electron chi connectivity index (χ4n) is 0.496. The Kier molecular flexibility index (Phi) is 8.33. The van der Waals surface area contributed by atoms with E-state index in [1.54, 1.807) is 0 Å². The molecule has 16 heavy (non-hydrogen) atoms. The van der Waals surface area contributed by atoms with Gasteiger partial charge in [-0.1, -0.05) is 6.08 Å². The van der Waals surface area contributed by atoms with Gasteiger partial charge in [0.1, 0.15) is 0 Å². The van der Waals surface area contributed by atoms with Crippen LogP contribution in [0.25, 0.3) is 0 Å². The number of phosphoric acid groups is 2. The monoisotopic (exact) mass is 279 g/mol. The van der Waals surface area contributed by atoms with Crippen LogP contribution in [0.15, 0.2) is 11.6 Å². The largest absolute Gasteiger partial charge is 0.481 e. The summed E-state index contributed by atoms with van der Waals surface area (Å²) in [4.78, 5) is 25.2. The van der Waals surface area contributed by atoms with E-state index in [1.807, 2.05) is 0 Å². The standard InChI is InChI=1S/C5H12O8P2.H3N/c1-5(4-6)2-3-12-15(10,11)13-14(7,8)9;/h2,6H,3-4H2,1H3,(H,10,11)(H2,7,8,9);1H3/b5-2+;. The topological polar surface area (TPSA) is 169 Å². The van der Waals surface area contributed by atoms with Gasteiger partial charge in [-0.25, -0.2) is 9.13 Å². The first-order chi connectivity index (χ1) is 6.66. The lowest BCUT2D eigenvalue weighted by Crippen LogP contribution is -1.95. The molecule has 0 spiro atoms. The van der Waals surface area contributed by atoms with E-state index in [-0.39, 0.29) is 12.8 Å². The lowest BCUT2D eigenvalue weighted by atomic mass is 10.3. The van der Waals surface area contributed by atoms with Crippen molar-refractivity contribution in [3.63, 3.8) is 0 Å². The predicted molar refractivity (Wildman–Crippen MR) is 54.8 cm³/mol. The van der Waals surface area contributed by atoms with Crippen molar-refractivity contribution in [1.82, 2.24) is 6.15 Å².